The van der Waals surface area contributed by atoms with Crippen LogP contribution in [0.1, 0.15) is 46.7 Å². The Morgan fingerprint density at radius 1 is 0.972 bits per heavy atom. The van der Waals surface area contributed by atoms with Gasteiger partial charge in [-0.2, -0.15) is 13.2 Å². The van der Waals surface area contributed by atoms with Gasteiger partial charge in [0.25, 0.3) is 0 Å². The van der Waals surface area contributed by atoms with Gasteiger partial charge in [0.1, 0.15) is 5.82 Å². The van der Waals surface area contributed by atoms with Crippen LogP contribution in [0.25, 0.3) is 0 Å². The number of piperidine rings is 1. The molecule has 0 aliphatic carbocycles. The van der Waals surface area contributed by atoms with Crippen LogP contribution in [-0.2, 0) is 27.9 Å². The van der Waals surface area contributed by atoms with E-state index in [2.05, 4.69) is 17.4 Å². The third-order valence-corrected chi connectivity index (χ3v) is 7.14. The highest BCUT2D eigenvalue weighted by Crippen LogP contribution is 2.44. The van der Waals surface area contributed by atoms with Crippen LogP contribution in [-0.4, -0.2) is 30.4 Å². The average Bonchev–Trinajstić information content (AvgIpc) is 3.23. The van der Waals surface area contributed by atoms with Gasteiger partial charge in [0, 0.05) is 13.1 Å². The third-order valence-electron chi connectivity index (χ3n) is 7.14. The molecule has 3 aromatic rings. The van der Waals surface area contributed by atoms with Crippen LogP contribution in [0, 0.1) is 5.82 Å². The fraction of sp³-hybridized carbons (Fsp3) is 0.321. The minimum Gasteiger partial charge on any atom is -0.365 e. The molecule has 1 unspecified atom stereocenters. The van der Waals surface area contributed by atoms with Crippen LogP contribution in [0.15, 0.2) is 72.8 Å². The maximum absolute atomic E-state index is 13.5. The molecule has 1 N–H and O–H groups in total. The van der Waals surface area contributed by atoms with Crippen molar-refractivity contribution in [1.82, 2.24) is 10.2 Å². The number of rotatable bonds is 5. The predicted octanol–water partition coefficient (Wildman–Crippen LogP) is 5.57. The van der Waals surface area contributed by atoms with E-state index in [0.717, 1.165) is 12.1 Å². The molecule has 0 radical (unpaired) electrons. The fourth-order valence-electron chi connectivity index (χ4n) is 5.19. The molecule has 0 bridgehead atoms. The van der Waals surface area contributed by atoms with E-state index in [4.69, 9.17) is 4.74 Å². The molecule has 2 aliphatic rings. The van der Waals surface area contributed by atoms with Crippen LogP contribution in [0.3, 0.4) is 0 Å². The normalized spacial score (nSPS) is 17.7. The van der Waals surface area contributed by atoms with E-state index in [-0.39, 0.29) is 18.1 Å². The van der Waals surface area contributed by atoms with Gasteiger partial charge >= 0.3 is 6.18 Å². The number of amides is 1. The number of ether oxygens (including phenoxy) is 1. The molecular formula is C28H26F4N2O2. The number of nitrogens with zero attached hydrogens (tertiary/aromatic N) is 1. The van der Waals surface area contributed by atoms with Crippen LogP contribution in [0.5, 0.6) is 0 Å². The summed E-state index contributed by atoms with van der Waals surface area (Å²) in [6, 6.07) is 17.9. The number of alkyl halides is 3. The van der Waals surface area contributed by atoms with E-state index in [1.54, 1.807) is 11.0 Å². The summed E-state index contributed by atoms with van der Waals surface area (Å²) in [5.74, 6) is -0.592. The second kappa shape index (κ2) is 9.67. The van der Waals surface area contributed by atoms with E-state index in [9.17, 15) is 22.4 Å². The van der Waals surface area contributed by atoms with Crippen molar-refractivity contribution >= 4 is 5.91 Å². The molecular weight excluding hydrogens is 472 g/mol. The van der Waals surface area contributed by atoms with Gasteiger partial charge in [-0.05, 0) is 59.4 Å². The Morgan fingerprint density at radius 2 is 1.69 bits per heavy atom. The van der Waals surface area contributed by atoms with E-state index in [1.807, 2.05) is 12.1 Å². The lowest BCUT2D eigenvalue weighted by Gasteiger charge is -2.39. The number of fused-ring (bicyclic) bond motifs is 2. The van der Waals surface area contributed by atoms with Gasteiger partial charge in [0.05, 0.1) is 30.4 Å². The van der Waals surface area contributed by atoms with Gasteiger partial charge in [-0.15, -0.1) is 0 Å². The average molecular weight is 499 g/mol. The van der Waals surface area contributed by atoms with Crippen molar-refractivity contribution < 1.29 is 27.1 Å². The lowest BCUT2D eigenvalue weighted by molar-refractivity contribution is -0.138. The van der Waals surface area contributed by atoms with Gasteiger partial charge in [-0.25, -0.2) is 4.39 Å². The van der Waals surface area contributed by atoms with Gasteiger partial charge in [0.2, 0.25) is 5.91 Å². The largest absolute Gasteiger partial charge is 0.416 e. The van der Waals surface area contributed by atoms with Crippen molar-refractivity contribution in [3.8, 4) is 0 Å². The summed E-state index contributed by atoms with van der Waals surface area (Å²) >= 11 is 0. The summed E-state index contributed by atoms with van der Waals surface area (Å²) in [4.78, 5) is 14.8. The summed E-state index contributed by atoms with van der Waals surface area (Å²) < 4.78 is 59.6. The zero-order valence-corrected chi connectivity index (χ0v) is 19.5. The van der Waals surface area contributed by atoms with Crippen molar-refractivity contribution in [3.63, 3.8) is 0 Å². The Hall–Kier alpha value is -3.23. The molecule has 2 heterocycles. The zero-order valence-electron chi connectivity index (χ0n) is 19.5. The van der Waals surface area contributed by atoms with Crippen molar-refractivity contribution in [2.45, 2.75) is 37.3 Å². The Bertz CT molecular complexity index is 1230. The summed E-state index contributed by atoms with van der Waals surface area (Å²) in [5, 5.41) is 3.11. The van der Waals surface area contributed by atoms with Crippen molar-refractivity contribution in [3.05, 3.63) is 106 Å². The highest BCUT2D eigenvalue weighted by Gasteiger charge is 2.43. The first-order valence-corrected chi connectivity index (χ1v) is 11.9. The quantitative estimate of drug-likeness (QED) is 0.468. The molecule has 188 valence electrons. The molecule has 3 aromatic carbocycles. The van der Waals surface area contributed by atoms with Crippen molar-refractivity contribution in [2.24, 2.45) is 0 Å². The topological polar surface area (TPSA) is 41.6 Å². The first-order chi connectivity index (χ1) is 17.2. The second-order valence-corrected chi connectivity index (χ2v) is 9.31. The number of carbonyl (C=O) groups is 1. The number of halogens is 4. The van der Waals surface area contributed by atoms with Gasteiger partial charge in [-0.3, -0.25) is 10.1 Å². The summed E-state index contributed by atoms with van der Waals surface area (Å²) in [6.07, 6.45) is -3.13. The number of nitrogens with one attached hydrogen (secondary N) is 1. The number of likely N-dealkylation sites (tertiary alicyclic amines) is 1. The molecule has 0 saturated carbocycles. The molecule has 1 saturated heterocycles. The Kier molecular flexibility index (Phi) is 6.57. The standard InChI is InChI=1S/C28H26F4N2O2/c29-23-10-8-19(9-11-23)26(20-5-3-6-22(16-20)28(30,31)32)33-17-25(35)34-14-12-27(13-15-34)24-7-2-1-4-21(24)18-36-27/h1-11,16,26,33H,12-15,17-18H2. The number of carbonyl (C=O) groups excluding carboxylic acids is 1. The first-order valence-electron chi connectivity index (χ1n) is 11.9. The van der Waals surface area contributed by atoms with Crippen molar-refractivity contribution in [1.29, 1.82) is 0 Å². The molecule has 1 fully saturated rings. The number of hydrogen-bond acceptors (Lipinski definition) is 3. The molecule has 1 atom stereocenters. The highest BCUT2D eigenvalue weighted by molar-refractivity contribution is 5.78. The fourth-order valence-corrected chi connectivity index (χ4v) is 5.19. The van der Waals surface area contributed by atoms with Crippen molar-refractivity contribution in [2.75, 3.05) is 19.6 Å². The van der Waals surface area contributed by atoms with E-state index < -0.39 is 23.6 Å². The van der Waals surface area contributed by atoms with Crippen LogP contribution >= 0.6 is 0 Å². The molecule has 5 rings (SSSR count). The predicted molar refractivity (Wildman–Crippen MR) is 126 cm³/mol. The van der Waals surface area contributed by atoms with Crippen LogP contribution in [0.4, 0.5) is 17.6 Å². The minimum absolute atomic E-state index is 0.0667. The number of hydrogen-bond donors (Lipinski definition) is 1. The molecule has 8 heteroatoms. The zero-order chi connectivity index (χ0) is 25.3. The minimum atomic E-state index is -4.50. The second-order valence-electron chi connectivity index (χ2n) is 9.31. The lowest BCUT2D eigenvalue weighted by Crippen LogP contribution is -2.48. The molecule has 1 amide bonds. The molecule has 2 aliphatic heterocycles. The monoisotopic (exact) mass is 498 g/mol. The smallest absolute Gasteiger partial charge is 0.365 e. The Labute approximate surface area is 206 Å². The Balaban J connectivity index is 1.29. The van der Waals surface area contributed by atoms with E-state index in [0.29, 0.717) is 43.7 Å². The van der Waals surface area contributed by atoms with Crippen LogP contribution < -0.4 is 5.32 Å². The van der Waals surface area contributed by atoms with Crippen LogP contribution in [0.2, 0.25) is 0 Å². The maximum Gasteiger partial charge on any atom is 0.416 e. The van der Waals surface area contributed by atoms with E-state index >= 15 is 0 Å². The van der Waals surface area contributed by atoms with Gasteiger partial charge in [-0.1, -0.05) is 48.5 Å². The van der Waals surface area contributed by atoms with Gasteiger partial charge in [0.15, 0.2) is 0 Å². The first kappa shape index (κ1) is 24.5. The maximum atomic E-state index is 13.5. The lowest BCUT2D eigenvalue weighted by atomic mass is 9.84. The molecule has 1 spiro atoms. The highest BCUT2D eigenvalue weighted by atomic mass is 19.4. The van der Waals surface area contributed by atoms with E-state index in [1.165, 1.54) is 41.5 Å². The summed E-state index contributed by atoms with van der Waals surface area (Å²) in [5.41, 5.74) is 2.14. The Morgan fingerprint density at radius 3 is 2.42 bits per heavy atom. The van der Waals surface area contributed by atoms with Gasteiger partial charge < -0.3 is 9.64 Å². The molecule has 4 nitrogen and oxygen atoms in total. The molecule has 36 heavy (non-hydrogen) atoms. The summed E-state index contributed by atoms with van der Waals surface area (Å²) in [6.45, 7) is 1.56. The number of benzene rings is 3. The summed E-state index contributed by atoms with van der Waals surface area (Å²) in [7, 11) is 0. The SMILES string of the molecule is O=C(CNC(c1ccc(F)cc1)c1cccc(C(F)(F)F)c1)N1CCC2(CC1)OCc1ccccc12. The third kappa shape index (κ3) is 4.88. The molecule has 0 aromatic heterocycles.